The van der Waals surface area contributed by atoms with Crippen molar-refractivity contribution < 1.29 is 19.1 Å². The van der Waals surface area contributed by atoms with E-state index in [1.54, 1.807) is 0 Å². The highest BCUT2D eigenvalue weighted by atomic mass is 16.7. The maximum atomic E-state index is 11.9. The summed E-state index contributed by atoms with van der Waals surface area (Å²) in [6.07, 6.45) is 3.73. The first-order valence-electron chi connectivity index (χ1n) is 9.20. The van der Waals surface area contributed by atoms with Crippen LogP contribution in [0.25, 0.3) is 0 Å². The van der Waals surface area contributed by atoms with Crippen LogP contribution in [0.2, 0.25) is 0 Å². The molecule has 7 heteroatoms. The van der Waals surface area contributed by atoms with Gasteiger partial charge >= 0.3 is 11.9 Å². The van der Waals surface area contributed by atoms with Crippen LogP contribution in [0.1, 0.15) is 26.7 Å². The Morgan fingerprint density at radius 3 is 2.37 bits per heavy atom. The lowest BCUT2D eigenvalue weighted by atomic mass is 10.0. The van der Waals surface area contributed by atoms with Crippen molar-refractivity contribution >= 4 is 23.3 Å². The molecule has 1 aromatic carbocycles. The number of nitrogens with one attached hydrogen (secondary N) is 1. The Morgan fingerprint density at radius 1 is 1.15 bits per heavy atom. The normalized spacial score (nSPS) is 22.3. The van der Waals surface area contributed by atoms with Crippen molar-refractivity contribution in [3.8, 4) is 0 Å². The average Bonchev–Trinajstić information content (AvgIpc) is 2.60. The van der Waals surface area contributed by atoms with Gasteiger partial charge in [-0.25, -0.2) is 9.59 Å². The molecular weight excluding hydrogens is 346 g/mol. The third kappa shape index (κ3) is 4.60. The SMILES string of the molecule is CN(C)C1CCCN(c2ccc(NC=C3C(=O)OC(C)(C)OC3=O)cc2)C1. The second-order valence-electron chi connectivity index (χ2n) is 7.63. The lowest BCUT2D eigenvalue weighted by Crippen LogP contribution is -2.45. The first-order valence-corrected chi connectivity index (χ1v) is 9.20. The number of nitrogens with zero attached hydrogens (tertiary/aromatic N) is 2. The molecule has 2 aliphatic heterocycles. The second kappa shape index (κ2) is 7.60. The number of benzene rings is 1. The van der Waals surface area contributed by atoms with Gasteiger partial charge in [0.1, 0.15) is 0 Å². The van der Waals surface area contributed by atoms with Crippen molar-refractivity contribution in [2.75, 3.05) is 37.4 Å². The number of hydrogen-bond donors (Lipinski definition) is 1. The number of piperidine rings is 1. The Morgan fingerprint density at radius 2 is 1.78 bits per heavy atom. The molecular formula is C20H27N3O4. The van der Waals surface area contributed by atoms with E-state index >= 15 is 0 Å². The molecule has 0 radical (unpaired) electrons. The summed E-state index contributed by atoms with van der Waals surface area (Å²) in [6, 6.07) is 8.50. The molecule has 0 bridgehead atoms. The van der Waals surface area contributed by atoms with Crippen LogP contribution in [-0.4, -0.2) is 55.9 Å². The molecule has 3 rings (SSSR count). The highest BCUT2D eigenvalue weighted by Gasteiger charge is 2.38. The van der Waals surface area contributed by atoms with Gasteiger partial charge in [-0.1, -0.05) is 0 Å². The van der Waals surface area contributed by atoms with Crippen molar-refractivity contribution in [1.82, 2.24) is 4.90 Å². The van der Waals surface area contributed by atoms with Crippen molar-refractivity contribution in [2.45, 2.75) is 38.5 Å². The monoisotopic (exact) mass is 373 g/mol. The zero-order valence-corrected chi connectivity index (χ0v) is 16.3. The molecule has 1 N–H and O–H groups in total. The van der Waals surface area contributed by atoms with Crippen molar-refractivity contribution in [3.63, 3.8) is 0 Å². The van der Waals surface area contributed by atoms with Gasteiger partial charge in [0.2, 0.25) is 0 Å². The molecule has 2 saturated heterocycles. The van der Waals surface area contributed by atoms with Gasteiger partial charge in [0, 0.05) is 50.6 Å². The summed E-state index contributed by atoms with van der Waals surface area (Å²) >= 11 is 0. The van der Waals surface area contributed by atoms with Crippen LogP contribution in [0.3, 0.4) is 0 Å². The largest absolute Gasteiger partial charge is 0.419 e. The van der Waals surface area contributed by atoms with Gasteiger partial charge in [0.05, 0.1) is 0 Å². The smallest absolute Gasteiger partial charge is 0.350 e. The standard InChI is InChI=1S/C20H27N3O4/c1-20(2)26-18(24)17(19(25)27-20)12-21-14-7-9-15(10-8-14)23-11-5-6-16(13-23)22(3)4/h7-10,12,16,21H,5-6,11,13H2,1-4H3. The summed E-state index contributed by atoms with van der Waals surface area (Å²) in [7, 11) is 4.24. The molecule has 27 heavy (non-hydrogen) atoms. The van der Waals surface area contributed by atoms with Gasteiger partial charge in [-0.2, -0.15) is 0 Å². The maximum Gasteiger partial charge on any atom is 0.350 e. The molecule has 2 aliphatic rings. The topological polar surface area (TPSA) is 71.1 Å². The minimum Gasteiger partial charge on any atom is -0.419 e. The Balaban J connectivity index is 1.64. The molecule has 2 fully saturated rings. The van der Waals surface area contributed by atoms with E-state index in [-0.39, 0.29) is 5.57 Å². The number of likely N-dealkylation sites (N-methyl/N-ethyl adjacent to an activating group) is 1. The van der Waals surface area contributed by atoms with Crippen molar-refractivity contribution in [2.24, 2.45) is 0 Å². The molecule has 0 aliphatic carbocycles. The number of carbonyl (C=O) groups excluding carboxylic acids is 2. The van der Waals surface area contributed by atoms with Crippen LogP contribution in [0.5, 0.6) is 0 Å². The van der Waals surface area contributed by atoms with Gasteiger partial charge in [-0.3, -0.25) is 0 Å². The van der Waals surface area contributed by atoms with E-state index in [0.717, 1.165) is 24.5 Å². The number of cyclic esters (lactones) is 2. The summed E-state index contributed by atoms with van der Waals surface area (Å²) in [4.78, 5) is 28.6. The number of hydrogen-bond acceptors (Lipinski definition) is 7. The Kier molecular flexibility index (Phi) is 5.41. The minimum atomic E-state index is -1.23. The molecule has 0 amide bonds. The van der Waals surface area contributed by atoms with Crippen molar-refractivity contribution in [3.05, 3.63) is 36.0 Å². The fourth-order valence-corrected chi connectivity index (χ4v) is 3.31. The summed E-state index contributed by atoms with van der Waals surface area (Å²) in [6.45, 7) is 5.10. The molecule has 146 valence electrons. The number of carbonyl (C=O) groups is 2. The van der Waals surface area contributed by atoms with E-state index in [0.29, 0.717) is 6.04 Å². The molecule has 1 unspecified atom stereocenters. The van der Waals surface area contributed by atoms with Crippen LogP contribution < -0.4 is 10.2 Å². The van der Waals surface area contributed by atoms with Crippen LogP contribution in [0.4, 0.5) is 11.4 Å². The third-order valence-electron chi connectivity index (χ3n) is 4.86. The molecule has 7 nitrogen and oxygen atoms in total. The Hall–Kier alpha value is -2.54. The van der Waals surface area contributed by atoms with E-state index in [2.05, 4.69) is 29.2 Å². The van der Waals surface area contributed by atoms with Crippen molar-refractivity contribution in [1.29, 1.82) is 0 Å². The highest BCUT2D eigenvalue weighted by molar-refractivity contribution is 6.15. The second-order valence-corrected chi connectivity index (χ2v) is 7.63. The van der Waals surface area contributed by atoms with Gasteiger partial charge < -0.3 is 24.6 Å². The summed E-state index contributed by atoms with van der Waals surface area (Å²) < 4.78 is 10.1. The molecule has 1 aromatic rings. The summed E-state index contributed by atoms with van der Waals surface area (Å²) in [5, 5.41) is 2.97. The Bertz CT molecular complexity index is 718. The molecule has 0 saturated carbocycles. The predicted octanol–water partition coefficient (Wildman–Crippen LogP) is 2.35. The number of ether oxygens (including phenoxy) is 2. The first kappa shape index (κ1) is 19.2. The van der Waals surface area contributed by atoms with E-state index < -0.39 is 17.7 Å². The third-order valence-corrected chi connectivity index (χ3v) is 4.86. The number of anilines is 2. The number of rotatable bonds is 4. The van der Waals surface area contributed by atoms with Crippen LogP contribution in [0.15, 0.2) is 36.0 Å². The minimum absolute atomic E-state index is 0.150. The fourth-order valence-electron chi connectivity index (χ4n) is 3.31. The lowest BCUT2D eigenvalue weighted by molar-refractivity contribution is -0.222. The fraction of sp³-hybridized carbons (Fsp3) is 0.500. The molecule has 1 atom stereocenters. The van der Waals surface area contributed by atoms with E-state index in [1.807, 2.05) is 24.3 Å². The molecule has 2 heterocycles. The van der Waals surface area contributed by atoms with Crippen LogP contribution in [0, 0.1) is 0 Å². The predicted molar refractivity (Wildman–Crippen MR) is 103 cm³/mol. The highest BCUT2D eigenvalue weighted by Crippen LogP contribution is 2.25. The summed E-state index contributed by atoms with van der Waals surface area (Å²) in [5.74, 6) is -2.61. The molecule has 0 aromatic heterocycles. The zero-order valence-electron chi connectivity index (χ0n) is 16.3. The Labute approximate surface area is 159 Å². The first-order chi connectivity index (χ1) is 12.7. The quantitative estimate of drug-likeness (QED) is 0.493. The number of esters is 2. The molecule has 0 spiro atoms. The van der Waals surface area contributed by atoms with Crippen LogP contribution in [-0.2, 0) is 19.1 Å². The van der Waals surface area contributed by atoms with E-state index in [4.69, 9.17) is 9.47 Å². The van der Waals surface area contributed by atoms with Gasteiger partial charge in [-0.15, -0.1) is 0 Å². The average molecular weight is 373 g/mol. The van der Waals surface area contributed by atoms with E-state index in [9.17, 15) is 9.59 Å². The van der Waals surface area contributed by atoms with Crippen LogP contribution >= 0.6 is 0 Å². The maximum absolute atomic E-state index is 11.9. The lowest BCUT2D eigenvalue weighted by Gasteiger charge is -2.37. The van der Waals surface area contributed by atoms with Gasteiger partial charge in [-0.05, 0) is 51.2 Å². The van der Waals surface area contributed by atoms with Gasteiger partial charge in [0.25, 0.3) is 5.79 Å². The van der Waals surface area contributed by atoms with Gasteiger partial charge in [0.15, 0.2) is 5.57 Å². The zero-order chi connectivity index (χ0) is 19.6. The summed E-state index contributed by atoms with van der Waals surface area (Å²) in [5.41, 5.74) is 1.79. The van der Waals surface area contributed by atoms with E-state index in [1.165, 1.54) is 32.9 Å².